The highest BCUT2D eigenvalue weighted by Gasteiger charge is 2.45. The van der Waals surface area contributed by atoms with Crippen LogP contribution < -0.4 is 10.6 Å². The van der Waals surface area contributed by atoms with Gasteiger partial charge >= 0.3 is 0 Å². The molecule has 0 bridgehead atoms. The molecule has 0 aliphatic carbocycles. The predicted octanol–water partition coefficient (Wildman–Crippen LogP) is 8.60. The van der Waals surface area contributed by atoms with Crippen molar-refractivity contribution in [1.82, 2.24) is 0 Å². The maximum absolute atomic E-state index is 3.89. The van der Waals surface area contributed by atoms with Crippen LogP contribution in [-0.2, 0) is 0 Å². The van der Waals surface area contributed by atoms with Gasteiger partial charge in [-0.3, -0.25) is 0 Å². The summed E-state index contributed by atoms with van der Waals surface area (Å²) < 4.78 is 0. The molecule has 0 heterocycles. The highest BCUT2D eigenvalue weighted by atomic mass is 31.2. The van der Waals surface area contributed by atoms with E-state index in [4.69, 9.17) is 0 Å². The fourth-order valence-electron chi connectivity index (χ4n) is 4.24. The summed E-state index contributed by atoms with van der Waals surface area (Å²) in [5, 5.41) is 4.21. The zero-order chi connectivity index (χ0) is 22.2. The largest absolute Gasteiger partial charge is 0.145 e. The average molecular weight is 432 g/mol. The molecule has 2 rings (SSSR count). The number of allylic oxidation sites excluding steroid dienone is 4. The molecule has 0 aliphatic heterocycles. The Morgan fingerprint density at radius 3 is 1.81 bits per heavy atom. The van der Waals surface area contributed by atoms with E-state index in [0.29, 0.717) is 0 Å². The monoisotopic (exact) mass is 431 g/mol. The molecule has 0 saturated heterocycles. The van der Waals surface area contributed by atoms with E-state index in [0.717, 1.165) is 0 Å². The first-order chi connectivity index (χ1) is 15.3. The first-order valence-corrected chi connectivity index (χ1v) is 14.0. The van der Waals surface area contributed by atoms with Crippen molar-refractivity contribution in [3.8, 4) is 0 Å². The fraction of sp³-hybridized carbons (Fsp3) is 0.367. The summed E-state index contributed by atoms with van der Waals surface area (Å²) in [5.74, 6) is 0. The third kappa shape index (κ3) is 7.50. The Morgan fingerprint density at radius 2 is 1.32 bits per heavy atom. The predicted molar refractivity (Wildman–Crippen MR) is 143 cm³/mol. The normalized spacial score (nSPS) is 11.3. The molecule has 31 heavy (non-hydrogen) atoms. The van der Waals surface area contributed by atoms with Crippen molar-refractivity contribution in [3.63, 3.8) is 0 Å². The van der Waals surface area contributed by atoms with Crippen molar-refractivity contribution in [1.29, 1.82) is 0 Å². The molecule has 0 saturated carbocycles. The molecular weight excluding hydrogens is 391 g/mol. The molecule has 164 valence electrons. The van der Waals surface area contributed by atoms with Gasteiger partial charge in [-0.1, -0.05) is 106 Å². The van der Waals surface area contributed by atoms with Gasteiger partial charge in [0.05, 0.1) is 6.16 Å². The number of rotatable bonds is 14. The van der Waals surface area contributed by atoms with Crippen LogP contribution in [0.15, 0.2) is 103 Å². The smallest absolute Gasteiger partial charge is 0.0984 e. The Labute approximate surface area is 191 Å². The number of unbranched alkanes of at least 4 members (excludes halogenated alkanes) is 7. The van der Waals surface area contributed by atoms with Crippen LogP contribution in [0, 0.1) is 0 Å². The minimum absolute atomic E-state index is 1.19. The second-order valence-electron chi connectivity index (χ2n) is 8.11. The van der Waals surface area contributed by atoms with E-state index in [1.807, 2.05) is 12.2 Å². The van der Waals surface area contributed by atoms with Crippen LogP contribution >= 0.6 is 7.26 Å². The lowest BCUT2D eigenvalue weighted by Crippen LogP contribution is -2.26. The van der Waals surface area contributed by atoms with Gasteiger partial charge in [-0.2, -0.15) is 0 Å². The molecule has 0 nitrogen and oxygen atoms in total. The third-order valence-corrected chi connectivity index (χ3v) is 10.3. The first kappa shape index (κ1) is 25.1. The molecule has 0 atom stereocenters. The van der Waals surface area contributed by atoms with Gasteiger partial charge in [0.2, 0.25) is 0 Å². The quantitative estimate of drug-likeness (QED) is 0.122. The molecule has 2 aromatic rings. The van der Waals surface area contributed by atoms with Gasteiger partial charge in [-0.25, -0.2) is 0 Å². The van der Waals surface area contributed by atoms with E-state index < -0.39 is 7.26 Å². The minimum Gasteiger partial charge on any atom is -0.0984 e. The molecular formula is C30H40P+. The summed E-state index contributed by atoms with van der Waals surface area (Å²) in [6, 6.07) is 22.3. The minimum atomic E-state index is -1.78. The second-order valence-corrected chi connectivity index (χ2v) is 11.7. The second kappa shape index (κ2) is 14.8. The Kier molecular flexibility index (Phi) is 12.0. The van der Waals surface area contributed by atoms with Crippen LogP contribution in [0.3, 0.4) is 0 Å². The topological polar surface area (TPSA) is 0 Å². The molecule has 1 heteroatoms. The number of hydrogen-bond acceptors (Lipinski definition) is 0. The van der Waals surface area contributed by atoms with Crippen LogP contribution in [0.4, 0.5) is 0 Å². The number of hydrogen-bond donors (Lipinski definition) is 0. The zero-order valence-electron chi connectivity index (χ0n) is 19.6. The van der Waals surface area contributed by atoms with E-state index in [9.17, 15) is 0 Å². The van der Waals surface area contributed by atoms with Gasteiger partial charge in [-0.05, 0) is 56.2 Å². The maximum Gasteiger partial charge on any atom is 0.145 e. The summed E-state index contributed by atoms with van der Waals surface area (Å²) >= 11 is 0. The highest BCUT2D eigenvalue weighted by molar-refractivity contribution is 7.93. The van der Waals surface area contributed by atoms with Crippen molar-refractivity contribution in [3.05, 3.63) is 103 Å². The molecule has 0 amide bonds. The highest BCUT2D eigenvalue weighted by Crippen LogP contribution is 2.64. The first-order valence-electron chi connectivity index (χ1n) is 12.0. The molecule has 0 aromatic heterocycles. The van der Waals surface area contributed by atoms with Crippen molar-refractivity contribution in [2.75, 3.05) is 6.16 Å². The van der Waals surface area contributed by atoms with Gasteiger partial charge < -0.3 is 0 Å². The van der Waals surface area contributed by atoms with E-state index in [2.05, 4.69) is 99.0 Å². The molecule has 0 N–H and O–H groups in total. The molecule has 0 aliphatic rings. The van der Waals surface area contributed by atoms with Crippen molar-refractivity contribution < 1.29 is 0 Å². The lowest BCUT2D eigenvalue weighted by atomic mass is 10.1. The van der Waals surface area contributed by atoms with Crippen molar-refractivity contribution in [2.45, 2.75) is 65.2 Å². The molecule has 0 fully saturated rings. The van der Waals surface area contributed by atoms with Crippen LogP contribution in [-0.4, -0.2) is 6.16 Å². The average Bonchev–Trinajstić information content (AvgIpc) is 2.82. The van der Waals surface area contributed by atoms with Crippen LogP contribution in [0.1, 0.15) is 65.2 Å². The van der Waals surface area contributed by atoms with Gasteiger partial charge in [0.1, 0.15) is 23.2 Å². The van der Waals surface area contributed by atoms with E-state index in [-0.39, 0.29) is 0 Å². The summed E-state index contributed by atoms with van der Waals surface area (Å²) in [4.78, 5) is 0. The summed E-state index contributed by atoms with van der Waals surface area (Å²) in [7, 11) is -1.78. The molecule has 2 aromatic carbocycles. The van der Waals surface area contributed by atoms with Crippen molar-refractivity contribution >= 4 is 17.9 Å². The maximum atomic E-state index is 3.89. The number of benzene rings is 2. The van der Waals surface area contributed by atoms with Crippen molar-refractivity contribution in [2.24, 2.45) is 0 Å². The fourth-order valence-corrected chi connectivity index (χ4v) is 8.61. The lowest BCUT2D eigenvalue weighted by molar-refractivity contribution is 0.586. The zero-order valence-corrected chi connectivity index (χ0v) is 20.5. The standard InChI is InChI=1S/C30H40P/c1-4-7-9-10-11-12-13-20-27-31(29-23-16-14-17-24-29,30-25-18-15-19-26-30)28(21-6-3)22-8-5-2/h5-6,8,14-19,21,23-26H,2,4,7,9-13,20,27H2,1,3H3/q+1/b21-6-. The van der Waals surface area contributed by atoms with Crippen LogP contribution in [0.5, 0.6) is 0 Å². The Morgan fingerprint density at radius 1 is 0.806 bits per heavy atom. The van der Waals surface area contributed by atoms with Gasteiger partial charge in [0.25, 0.3) is 0 Å². The molecule has 0 radical (unpaired) electrons. The Balaban J connectivity index is 2.39. The summed E-state index contributed by atoms with van der Waals surface area (Å²) in [6.07, 6.45) is 20.2. The Hall–Kier alpha value is -2.13. The lowest BCUT2D eigenvalue weighted by Gasteiger charge is -2.27. The van der Waals surface area contributed by atoms with E-state index in [1.54, 1.807) is 0 Å². The van der Waals surface area contributed by atoms with E-state index >= 15 is 0 Å². The third-order valence-electron chi connectivity index (χ3n) is 5.83. The van der Waals surface area contributed by atoms with Crippen LogP contribution in [0.25, 0.3) is 0 Å². The van der Waals surface area contributed by atoms with Gasteiger partial charge in [0, 0.05) is 0 Å². The van der Waals surface area contributed by atoms with Gasteiger partial charge in [0.15, 0.2) is 0 Å². The molecule has 0 spiro atoms. The van der Waals surface area contributed by atoms with Crippen LogP contribution in [0.2, 0.25) is 0 Å². The summed E-state index contributed by atoms with van der Waals surface area (Å²) in [5.41, 5.74) is 3.62. The Bertz CT molecular complexity index is 799. The van der Waals surface area contributed by atoms with Gasteiger partial charge in [-0.15, -0.1) is 0 Å². The van der Waals surface area contributed by atoms with E-state index in [1.165, 1.54) is 73.5 Å². The molecule has 0 unspecified atom stereocenters. The summed E-state index contributed by atoms with van der Waals surface area (Å²) in [6.45, 7) is 8.29. The SMILES string of the molecule is C=CC=C=C(/C=C\C)[P+](CCCCCCCCCC)(c1ccccc1)c1ccccc1.